The topological polar surface area (TPSA) is 55.6 Å². The van der Waals surface area contributed by atoms with E-state index in [0.29, 0.717) is 11.6 Å². The van der Waals surface area contributed by atoms with Crippen LogP contribution in [-0.4, -0.2) is 20.0 Å². The van der Waals surface area contributed by atoms with Crippen molar-refractivity contribution in [3.63, 3.8) is 0 Å². The van der Waals surface area contributed by atoms with Gasteiger partial charge in [-0.25, -0.2) is 0 Å². The van der Waals surface area contributed by atoms with Crippen LogP contribution in [0.3, 0.4) is 0 Å². The first-order valence-electron chi connectivity index (χ1n) is 5.86. The van der Waals surface area contributed by atoms with E-state index in [1.54, 1.807) is 10.9 Å². The third kappa shape index (κ3) is 2.37. The Balaban J connectivity index is 1.91. The van der Waals surface area contributed by atoms with Gasteiger partial charge in [0.15, 0.2) is 0 Å². The van der Waals surface area contributed by atoms with Gasteiger partial charge in [0, 0.05) is 24.8 Å². The van der Waals surface area contributed by atoms with Crippen LogP contribution in [0.4, 0.5) is 5.69 Å². The van der Waals surface area contributed by atoms with Gasteiger partial charge in [0.05, 0.1) is 22.8 Å². The number of nitrogens with zero attached hydrogens (tertiary/aromatic N) is 4. The fourth-order valence-corrected chi connectivity index (χ4v) is 2.16. The van der Waals surface area contributed by atoms with E-state index in [-0.39, 0.29) is 0 Å². The maximum atomic E-state index is 6.16. The number of anilines is 1. The molecule has 0 aliphatic carbocycles. The standard InChI is InChI=1S/C13H12ClN5/c1-19-8-9(17-18-19)7-16-12-5-4-11(14)10-3-2-6-15-13(10)12/h2-6,8,16H,7H2,1H3. The third-order valence-corrected chi connectivity index (χ3v) is 3.16. The smallest absolute Gasteiger partial charge is 0.102 e. The summed E-state index contributed by atoms with van der Waals surface area (Å²) in [5.41, 5.74) is 2.67. The van der Waals surface area contributed by atoms with Crippen molar-refractivity contribution in [3.05, 3.63) is 47.4 Å². The third-order valence-electron chi connectivity index (χ3n) is 2.83. The predicted molar refractivity (Wildman–Crippen MR) is 75.1 cm³/mol. The molecule has 3 aromatic rings. The van der Waals surface area contributed by atoms with Crippen LogP contribution in [-0.2, 0) is 13.6 Å². The minimum atomic E-state index is 0.598. The van der Waals surface area contributed by atoms with E-state index in [1.165, 1.54) is 0 Å². The second-order valence-corrected chi connectivity index (χ2v) is 4.64. The molecule has 2 heterocycles. The zero-order chi connectivity index (χ0) is 13.2. The van der Waals surface area contributed by atoms with Crippen LogP contribution in [0, 0.1) is 0 Å². The highest BCUT2D eigenvalue weighted by Gasteiger charge is 2.06. The number of aryl methyl sites for hydroxylation is 1. The van der Waals surface area contributed by atoms with E-state index in [2.05, 4.69) is 20.6 Å². The van der Waals surface area contributed by atoms with Gasteiger partial charge >= 0.3 is 0 Å². The van der Waals surface area contributed by atoms with Crippen molar-refractivity contribution in [1.82, 2.24) is 20.0 Å². The highest BCUT2D eigenvalue weighted by Crippen LogP contribution is 2.28. The largest absolute Gasteiger partial charge is 0.377 e. The molecule has 0 spiro atoms. The zero-order valence-corrected chi connectivity index (χ0v) is 11.1. The summed E-state index contributed by atoms with van der Waals surface area (Å²) in [5.74, 6) is 0. The number of nitrogens with one attached hydrogen (secondary N) is 1. The van der Waals surface area contributed by atoms with Crippen molar-refractivity contribution in [3.8, 4) is 0 Å². The van der Waals surface area contributed by atoms with Gasteiger partial charge in [-0.2, -0.15) is 0 Å². The van der Waals surface area contributed by atoms with E-state index in [4.69, 9.17) is 11.6 Å². The molecule has 2 aromatic heterocycles. The Morgan fingerprint density at radius 2 is 2.21 bits per heavy atom. The SMILES string of the molecule is Cn1cc(CNc2ccc(Cl)c3cccnc23)nn1. The molecular weight excluding hydrogens is 262 g/mol. The average Bonchev–Trinajstić information content (AvgIpc) is 2.84. The molecule has 0 atom stereocenters. The normalized spacial score (nSPS) is 10.8. The molecule has 1 N–H and O–H groups in total. The number of fused-ring (bicyclic) bond motifs is 1. The van der Waals surface area contributed by atoms with Gasteiger partial charge in [-0.3, -0.25) is 9.67 Å². The van der Waals surface area contributed by atoms with Gasteiger partial charge in [-0.1, -0.05) is 16.8 Å². The van der Waals surface area contributed by atoms with Crippen LogP contribution >= 0.6 is 11.6 Å². The predicted octanol–water partition coefficient (Wildman–Crippen LogP) is 2.63. The quantitative estimate of drug-likeness (QED) is 0.797. The second kappa shape index (κ2) is 4.85. The zero-order valence-electron chi connectivity index (χ0n) is 10.3. The summed E-state index contributed by atoms with van der Waals surface area (Å²) in [6, 6.07) is 7.62. The molecule has 0 fully saturated rings. The lowest BCUT2D eigenvalue weighted by Crippen LogP contribution is -2.01. The molecule has 19 heavy (non-hydrogen) atoms. The highest BCUT2D eigenvalue weighted by molar-refractivity contribution is 6.35. The summed E-state index contributed by atoms with van der Waals surface area (Å²) in [5, 5.41) is 12.9. The Morgan fingerprint density at radius 3 is 3.00 bits per heavy atom. The first-order chi connectivity index (χ1) is 9.24. The van der Waals surface area contributed by atoms with Crippen LogP contribution in [0.5, 0.6) is 0 Å². The fraction of sp³-hybridized carbons (Fsp3) is 0.154. The highest BCUT2D eigenvalue weighted by atomic mass is 35.5. The number of rotatable bonds is 3. The molecule has 96 valence electrons. The molecule has 0 saturated heterocycles. The minimum absolute atomic E-state index is 0.598. The van der Waals surface area contributed by atoms with Gasteiger partial charge in [0.1, 0.15) is 5.69 Å². The van der Waals surface area contributed by atoms with E-state index in [0.717, 1.165) is 22.3 Å². The minimum Gasteiger partial charge on any atom is -0.377 e. The molecule has 0 unspecified atom stereocenters. The average molecular weight is 274 g/mol. The monoisotopic (exact) mass is 273 g/mol. The van der Waals surface area contributed by atoms with Crippen molar-refractivity contribution in [2.75, 3.05) is 5.32 Å². The Kier molecular flexibility index (Phi) is 3.05. The van der Waals surface area contributed by atoms with Gasteiger partial charge in [-0.15, -0.1) is 5.10 Å². The number of aromatic nitrogens is 4. The second-order valence-electron chi connectivity index (χ2n) is 4.23. The molecule has 5 nitrogen and oxygen atoms in total. The Labute approximate surface area is 115 Å². The van der Waals surface area contributed by atoms with Crippen LogP contribution in [0.1, 0.15) is 5.69 Å². The number of hydrogen-bond donors (Lipinski definition) is 1. The first kappa shape index (κ1) is 11.9. The van der Waals surface area contributed by atoms with Crippen molar-refractivity contribution in [2.45, 2.75) is 6.54 Å². The van der Waals surface area contributed by atoms with Gasteiger partial charge in [0.2, 0.25) is 0 Å². The Bertz CT molecular complexity index is 722. The lowest BCUT2D eigenvalue weighted by molar-refractivity contribution is 0.713. The molecule has 0 saturated carbocycles. The summed E-state index contributed by atoms with van der Waals surface area (Å²) < 4.78 is 1.68. The van der Waals surface area contributed by atoms with E-state index in [1.807, 2.05) is 37.5 Å². The molecule has 6 heteroatoms. The van der Waals surface area contributed by atoms with E-state index >= 15 is 0 Å². The molecule has 0 radical (unpaired) electrons. The molecule has 0 aliphatic heterocycles. The summed E-state index contributed by atoms with van der Waals surface area (Å²) in [7, 11) is 1.84. The molecular formula is C13H12ClN5. The summed E-state index contributed by atoms with van der Waals surface area (Å²) in [4.78, 5) is 4.37. The lowest BCUT2D eigenvalue weighted by atomic mass is 10.2. The molecule has 1 aromatic carbocycles. The first-order valence-corrected chi connectivity index (χ1v) is 6.24. The fourth-order valence-electron chi connectivity index (χ4n) is 1.94. The van der Waals surface area contributed by atoms with Gasteiger partial charge in [0.25, 0.3) is 0 Å². The van der Waals surface area contributed by atoms with E-state index in [9.17, 15) is 0 Å². The van der Waals surface area contributed by atoms with Crippen molar-refractivity contribution >= 4 is 28.2 Å². The number of halogens is 1. The van der Waals surface area contributed by atoms with Crippen LogP contribution in [0.2, 0.25) is 5.02 Å². The number of pyridine rings is 1. The Hall–Kier alpha value is -2.14. The molecule has 0 amide bonds. The Morgan fingerprint density at radius 1 is 1.32 bits per heavy atom. The van der Waals surface area contributed by atoms with Crippen molar-refractivity contribution < 1.29 is 0 Å². The number of benzene rings is 1. The van der Waals surface area contributed by atoms with Crippen LogP contribution in [0.25, 0.3) is 10.9 Å². The van der Waals surface area contributed by atoms with Crippen molar-refractivity contribution in [2.24, 2.45) is 7.05 Å². The van der Waals surface area contributed by atoms with E-state index < -0.39 is 0 Å². The lowest BCUT2D eigenvalue weighted by Gasteiger charge is -2.08. The summed E-state index contributed by atoms with van der Waals surface area (Å²) in [6.07, 6.45) is 3.63. The van der Waals surface area contributed by atoms with Crippen LogP contribution in [0.15, 0.2) is 36.7 Å². The van der Waals surface area contributed by atoms with Gasteiger partial charge < -0.3 is 5.32 Å². The molecule has 0 bridgehead atoms. The number of hydrogen-bond acceptors (Lipinski definition) is 4. The maximum absolute atomic E-state index is 6.16. The van der Waals surface area contributed by atoms with Crippen LogP contribution < -0.4 is 5.32 Å². The van der Waals surface area contributed by atoms with Gasteiger partial charge in [-0.05, 0) is 24.3 Å². The van der Waals surface area contributed by atoms with Crippen molar-refractivity contribution in [1.29, 1.82) is 0 Å². The summed E-state index contributed by atoms with van der Waals surface area (Å²) >= 11 is 6.16. The molecule has 3 rings (SSSR count). The maximum Gasteiger partial charge on any atom is 0.102 e. The summed E-state index contributed by atoms with van der Waals surface area (Å²) in [6.45, 7) is 0.598. The molecule has 0 aliphatic rings.